The van der Waals surface area contributed by atoms with E-state index in [-0.39, 0.29) is 24.8 Å². The number of ether oxygens (including phenoxy) is 1. The van der Waals surface area contributed by atoms with Gasteiger partial charge in [-0.1, -0.05) is 102 Å². The number of benzene rings is 2. The zero-order chi connectivity index (χ0) is 43.8. The molecule has 5 atom stereocenters. The fourth-order valence-electron chi connectivity index (χ4n) is 7.60. The zero-order valence-electron chi connectivity index (χ0n) is 36.3. The van der Waals surface area contributed by atoms with Gasteiger partial charge in [-0.25, -0.2) is 14.6 Å². The maximum Gasteiger partial charge on any atom is 0.407 e. The van der Waals surface area contributed by atoms with Gasteiger partial charge in [0.25, 0.3) is 0 Å². The quantitative estimate of drug-likeness (QED) is 0.1000. The molecule has 13 nitrogen and oxygen atoms in total. The lowest BCUT2D eigenvalue weighted by Crippen LogP contribution is -2.59. The van der Waals surface area contributed by atoms with Crippen molar-refractivity contribution >= 4 is 35.3 Å². The van der Waals surface area contributed by atoms with Gasteiger partial charge in [0.05, 0.1) is 42.2 Å². The van der Waals surface area contributed by atoms with E-state index in [4.69, 9.17) is 4.74 Å². The van der Waals surface area contributed by atoms with Gasteiger partial charge in [-0.2, -0.15) is 0 Å². The highest BCUT2D eigenvalue weighted by atomic mass is 32.1. The highest BCUT2D eigenvalue weighted by Gasteiger charge is 2.44. The first-order chi connectivity index (χ1) is 28.3. The number of carbonyl (C=O) groups excluding carboxylic acids is 4. The molecule has 1 aliphatic heterocycles. The summed E-state index contributed by atoms with van der Waals surface area (Å²) >= 11 is 1.53. The number of aromatic nitrogens is 2. The number of hydrogen-bond donors (Lipinski definition) is 4. The van der Waals surface area contributed by atoms with Gasteiger partial charge in [-0.15, -0.1) is 11.3 Å². The number of nitrogens with zero attached hydrogens (tertiary/aromatic N) is 4. The van der Waals surface area contributed by atoms with Crippen molar-refractivity contribution in [2.75, 3.05) is 20.2 Å². The number of thiazole rings is 1. The number of rotatable bonds is 16. The van der Waals surface area contributed by atoms with Crippen molar-refractivity contribution in [1.29, 1.82) is 0 Å². The van der Waals surface area contributed by atoms with Crippen LogP contribution in [0, 0.1) is 24.7 Å². The summed E-state index contributed by atoms with van der Waals surface area (Å²) in [5.74, 6) is -0.815. The molecule has 1 saturated heterocycles. The van der Waals surface area contributed by atoms with E-state index in [0.717, 1.165) is 38.6 Å². The smallest absolute Gasteiger partial charge is 0.407 e. The van der Waals surface area contributed by atoms with E-state index in [9.17, 15) is 24.3 Å². The van der Waals surface area contributed by atoms with Crippen molar-refractivity contribution < 1.29 is 29.0 Å². The van der Waals surface area contributed by atoms with Crippen LogP contribution >= 0.6 is 11.3 Å². The van der Waals surface area contributed by atoms with Gasteiger partial charge in [0.1, 0.15) is 12.1 Å². The summed E-state index contributed by atoms with van der Waals surface area (Å²) in [5, 5.41) is 24.0. The van der Waals surface area contributed by atoms with E-state index in [2.05, 4.69) is 25.9 Å². The highest BCUT2D eigenvalue weighted by molar-refractivity contribution is 7.09. The third kappa shape index (κ3) is 12.4. The topological polar surface area (TPSA) is 166 Å². The average molecular weight is 840 g/mol. The molecule has 4 aromatic rings. The summed E-state index contributed by atoms with van der Waals surface area (Å²) in [5.41, 5.74) is 4.08. The Morgan fingerprint density at radius 2 is 1.53 bits per heavy atom. The minimum absolute atomic E-state index is 0.0711. The van der Waals surface area contributed by atoms with E-state index in [0.29, 0.717) is 26.1 Å². The van der Waals surface area contributed by atoms with Gasteiger partial charge >= 0.3 is 12.1 Å². The van der Waals surface area contributed by atoms with Gasteiger partial charge in [-0.05, 0) is 66.7 Å². The molecule has 322 valence electrons. The molecule has 5 amide bonds. The first kappa shape index (κ1) is 45.7. The van der Waals surface area contributed by atoms with Crippen LogP contribution in [0.5, 0.6) is 0 Å². The van der Waals surface area contributed by atoms with E-state index in [1.807, 2.05) is 134 Å². The Morgan fingerprint density at radius 3 is 2.12 bits per heavy atom. The molecule has 1 fully saturated rings. The summed E-state index contributed by atoms with van der Waals surface area (Å²) in [6, 6.07) is 18.0. The molecule has 0 spiro atoms. The molecule has 14 heteroatoms. The second-order valence-electron chi connectivity index (χ2n) is 17.9. The Morgan fingerprint density at radius 1 is 0.850 bits per heavy atom. The van der Waals surface area contributed by atoms with Crippen molar-refractivity contribution in [3.8, 4) is 11.3 Å². The highest BCUT2D eigenvalue weighted by Crippen LogP contribution is 2.30. The fourth-order valence-corrected chi connectivity index (χ4v) is 8.20. The number of alkyl carbamates (subject to hydrolysis) is 1. The van der Waals surface area contributed by atoms with Crippen LogP contribution in [0.2, 0.25) is 0 Å². The van der Waals surface area contributed by atoms with Crippen molar-refractivity contribution in [1.82, 2.24) is 35.7 Å². The van der Waals surface area contributed by atoms with Crippen LogP contribution in [0.15, 0.2) is 78.3 Å². The lowest BCUT2D eigenvalue weighted by atomic mass is 9.84. The maximum atomic E-state index is 14.6. The first-order valence-corrected chi connectivity index (χ1v) is 21.4. The van der Waals surface area contributed by atoms with Crippen LogP contribution in [0.1, 0.15) is 75.4 Å². The third-order valence-corrected chi connectivity index (χ3v) is 11.5. The summed E-state index contributed by atoms with van der Waals surface area (Å²) in [7, 11) is 1.24. The predicted molar refractivity (Wildman–Crippen MR) is 234 cm³/mol. The lowest BCUT2D eigenvalue weighted by molar-refractivity contribution is -0.130. The van der Waals surface area contributed by atoms with Crippen LogP contribution in [-0.4, -0.2) is 99.3 Å². The van der Waals surface area contributed by atoms with Gasteiger partial charge in [0.15, 0.2) is 0 Å². The number of methoxy groups -OCH3 is 1. The molecule has 3 heterocycles. The summed E-state index contributed by atoms with van der Waals surface area (Å²) in [6.07, 6.45) is 0.615. The van der Waals surface area contributed by atoms with E-state index in [1.165, 1.54) is 18.4 Å². The number of aliphatic hydroxyl groups excluding tert-OH is 1. The molecule has 0 bridgehead atoms. The number of hydrogen-bond acceptors (Lipinski definition) is 9. The normalized spacial score (nSPS) is 15.8. The van der Waals surface area contributed by atoms with Gasteiger partial charge < -0.3 is 35.6 Å². The number of nitrogens with one attached hydrogen (secondary N) is 3. The lowest BCUT2D eigenvalue weighted by Gasteiger charge is -2.38. The summed E-state index contributed by atoms with van der Waals surface area (Å²) < 4.78 is 4.84. The van der Waals surface area contributed by atoms with Crippen LogP contribution in [-0.2, 0) is 33.7 Å². The Kier molecular flexibility index (Phi) is 15.1. The van der Waals surface area contributed by atoms with E-state index in [1.54, 1.807) is 9.80 Å². The molecule has 0 saturated carbocycles. The third-order valence-electron chi connectivity index (χ3n) is 10.7. The molecule has 60 heavy (non-hydrogen) atoms. The van der Waals surface area contributed by atoms with Crippen LogP contribution in [0.4, 0.5) is 9.59 Å². The zero-order valence-corrected chi connectivity index (χ0v) is 37.1. The Hall–Kier alpha value is -5.34. The van der Waals surface area contributed by atoms with Gasteiger partial charge in [0.2, 0.25) is 11.8 Å². The molecular formula is C46H61N7O6S. The monoisotopic (exact) mass is 839 g/mol. The molecule has 1 aliphatic rings. The van der Waals surface area contributed by atoms with E-state index >= 15 is 0 Å². The number of aliphatic hydroxyl groups is 1. The SMILES string of the molecule is COC(=O)N[C@H](C(=O)N[C@@H](Cc1ccc(-c2ccc(C)cn2)cc1)[C@@H](O)C[C@H](Cc1ccccc1)NC(=O)[C@@H](N1CCN(Cc2csc(C)n2)C1=O)C(C)(C)C)C(C)(C)C. The number of urea groups is 1. The van der Waals surface area contributed by atoms with Crippen LogP contribution in [0.25, 0.3) is 11.3 Å². The Labute approximate surface area is 358 Å². The van der Waals surface area contributed by atoms with Crippen molar-refractivity contribution in [3.63, 3.8) is 0 Å². The minimum Gasteiger partial charge on any atom is -0.453 e. The first-order valence-electron chi connectivity index (χ1n) is 20.5. The summed E-state index contributed by atoms with van der Waals surface area (Å²) in [6.45, 7) is 16.4. The fraction of sp³-hybridized carbons (Fsp3) is 0.478. The predicted octanol–water partition coefficient (Wildman–Crippen LogP) is 6.45. The molecule has 4 N–H and O–H groups in total. The standard InChI is InChI=1S/C46H61N7O6S/c1-29-15-20-36(47-26-29)33-18-16-32(17-19-33)24-37(50-41(55)39(45(3,4)5)51-43(57)59-9)38(54)25-34(23-31-13-11-10-12-14-31)49-42(56)40(46(6,7)8)53-22-21-52(44(53)58)27-35-28-60-30(2)48-35/h10-20,26,28,34,37-40,54H,21-25,27H2,1-9H3,(H,49,56)(H,50,55)(H,51,57)/t34-,37-,38-,39+,40+/m0/s1. The Balaban J connectivity index is 1.42. The second kappa shape index (κ2) is 19.8. The van der Waals surface area contributed by atoms with Crippen molar-refractivity contribution in [2.45, 2.75) is 111 Å². The van der Waals surface area contributed by atoms with Crippen molar-refractivity contribution in [2.24, 2.45) is 10.8 Å². The Bertz CT molecular complexity index is 2060. The molecule has 2 aromatic carbocycles. The van der Waals surface area contributed by atoms with Gasteiger partial charge in [0, 0.05) is 36.3 Å². The molecular weight excluding hydrogens is 779 g/mol. The van der Waals surface area contributed by atoms with Gasteiger partial charge in [-0.3, -0.25) is 14.6 Å². The number of amides is 5. The van der Waals surface area contributed by atoms with Crippen molar-refractivity contribution in [3.05, 3.63) is 106 Å². The summed E-state index contributed by atoms with van der Waals surface area (Å²) in [4.78, 5) is 67.4. The molecule has 5 rings (SSSR count). The second-order valence-corrected chi connectivity index (χ2v) is 19.0. The maximum absolute atomic E-state index is 14.6. The number of aryl methyl sites for hydroxylation is 2. The number of carbonyl (C=O) groups is 4. The minimum atomic E-state index is -1.15. The largest absolute Gasteiger partial charge is 0.453 e. The van der Waals surface area contributed by atoms with Crippen LogP contribution < -0.4 is 16.0 Å². The molecule has 0 aliphatic carbocycles. The average Bonchev–Trinajstić information content (AvgIpc) is 3.76. The molecule has 2 aromatic heterocycles. The molecule has 0 radical (unpaired) electrons. The van der Waals surface area contributed by atoms with E-state index < -0.39 is 53.1 Å². The molecule has 0 unspecified atom stereocenters. The van der Waals surface area contributed by atoms with Crippen LogP contribution in [0.3, 0.4) is 0 Å². The number of pyridine rings is 1.